The summed E-state index contributed by atoms with van der Waals surface area (Å²) in [5.74, 6) is 0.255. The van der Waals surface area contributed by atoms with Crippen molar-refractivity contribution in [2.45, 2.75) is 23.0 Å². The van der Waals surface area contributed by atoms with Crippen LogP contribution in [0.4, 0.5) is 5.69 Å². The van der Waals surface area contributed by atoms with Gasteiger partial charge in [-0.3, -0.25) is 14.2 Å². The number of sulfonamides is 1. The Balaban J connectivity index is 1.15. The number of amides is 2. The van der Waals surface area contributed by atoms with Gasteiger partial charge in [0.15, 0.2) is 11.0 Å². The van der Waals surface area contributed by atoms with Crippen molar-refractivity contribution in [2.75, 3.05) is 43.5 Å². The fourth-order valence-electron chi connectivity index (χ4n) is 5.14. The van der Waals surface area contributed by atoms with Crippen LogP contribution in [0.2, 0.25) is 0 Å². The third-order valence-corrected chi connectivity index (χ3v) is 10.8. The van der Waals surface area contributed by atoms with Gasteiger partial charge in [0.1, 0.15) is 0 Å². The van der Waals surface area contributed by atoms with E-state index in [1.807, 2.05) is 53.1 Å². The average Bonchev–Trinajstić information content (AvgIpc) is 3.68. The zero-order valence-corrected chi connectivity index (χ0v) is 26.8. The summed E-state index contributed by atoms with van der Waals surface area (Å²) >= 11 is 4.75. The second-order valence-electron chi connectivity index (χ2n) is 10.1. The Morgan fingerprint density at radius 1 is 0.932 bits per heavy atom. The molecule has 3 heterocycles. The summed E-state index contributed by atoms with van der Waals surface area (Å²) in [5.41, 5.74) is 3.20. The third kappa shape index (κ3) is 6.44. The van der Waals surface area contributed by atoms with Crippen LogP contribution in [-0.4, -0.2) is 77.9 Å². The van der Waals surface area contributed by atoms with Crippen LogP contribution in [0.15, 0.2) is 87.3 Å². The number of hydrogen-bond donors (Lipinski definition) is 1. The van der Waals surface area contributed by atoms with Crippen LogP contribution in [0.25, 0.3) is 5.69 Å². The molecule has 4 aromatic rings. The molecule has 1 saturated heterocycles. The number of nitrogens with zero attached hydrogens (tertiary/aromatic N) is 5. The molecule has 0 atom stereocenters. The number of para-hydroxylation sites is 1. The van der Waals surface area contributed by atoms with Crippen LogP contribution in [0.5, 0.6) is 0 Å². The molecule has 1 fully saturated rings. The lowest BCUT2D eigenvalue weighted by Crippen LogP contribution is -2.40. The molecule has 44 heavy (non-hydrogen) atoms. The van der Waals surface area contributed by atoms with Crippen LogP contribution in [-0.2, 0) is 32.5 Å². The smallest absolute Gasteiger partial charge is 0.251 e. The Hall–Kier alpha value is -3.56. The molecule has 2 aliphatic heterocycles. The highest BCUT2D eigenvalue weighted by atomic mass is 79.9. The van der Waals surface area contributed by atoms with Crippen molar-refractivity contribution in [1.82, 2.24) is 24.4 Å². The van der Waals surface area contributed by atoms with Crippen LogP contribution >= 0.6 is 27.7 Å². The molecule has 1 aromatic heterocycles. The van der Waals surface area contributed by atoms with Crippen molar-refractivity contribution in [1.29, 1.82) is 0 Å². The van der Waals surface area contributed by atoms with E-state index in [-0.39, 0.29) is 29.0 Å². The molecule has 0 aliphatic carbocycles. The standard InChI is InChI=1S/C30H29BrN6O5S2/c31-23-7-9-24(10-8-23)37-27(33-34-30(37)43-20-28(38)36-14-13-21-3-1-2-4-26(21)36)19-32-29(39)22-5-11-25(12-6-22)44(40,41)35-15-17-42-18-16-35/h1-12H,13-20H2,(H,32,39). The van der Waals surface area contributed by atoms with E-state index in [1.54, 1.807) is 4.90 Å². The Bertz CT molecular complexity index is 1770. The molecule has 0 bridgehead atoms. The lowest BCUT2D eigenvalue weighted by molar-refractivity contribution is -0.116. The maximum atomic E-state index is 13.2. The average molecular weight is 698 g/mol. The first-order valence-corrected chi connectivity index (χ1v) is 17.2. The van der Waals surface area contributed by atoms with E-state index < -0.39 is 10.0 Å². The summed E-state index contributed by atoms with van der Waals surface area (Å²) in [6.45, 7) is 2.01. The maximum absolute atomic E-state index is 13.2. The molecule has 228 valence electrons. The molecule has 0 unspecified atom stereocenters. The van der Waals surface area contributed by atoms with Gasteiger partial charge >= 0.3 is 0 Å². The molecule has 14 heteroatoms. The minimum atomic E-state index is -3.66. The third-order valence-electron chi connectivity index (χ3n) is 7.43. The Morgan fingerprint density at radius 3 is 2.41 bits per heavy atom. The van der Waals surface area contributed by atoms with Crippen LogP contribution < -0.4 is 10.2 Å². The van der Waals surface area contributed by atoms with Gasteiger partial charge in [-0.2, -0.15) is 4.31 Å². The summed E-state index contributed by atoms with van der Waals surface area (Å²) in [7, 11) is -3.66. The Kier molecular flexibility index (Phi) is 9.14. The van der Waals surface area contributed by atoms with E-state index in [1.165, 1.54) is 40.3 Å². The molecule has 2 amide bonds. The predicted octanol–water partition coefficient (Wildman–Crippen LogP) is 3.66. The summed E-state index contributed by atoms with van der Waals surface area (Å²) in [4.78, 5) is 28.1. The zero-order valence-electron chi connectivity index (χ0n) is 23.6. The monoisotopic (exact) mass is 696 g/mol. The van der Waals surface area contributed by atoms with E-state index in [0.717, 1.165) is 27.8 Å². The van der Waals surface area contributed by atoms with E-state index in [4.69, 9.17) is 4.74 Å². The summed E-state index contributed by atoms with van der Waals surface area (Å²) in [6, 6.07) is 21.4. The van der Waals surface area contributed by atoms with Gasteiger partial charge in [0.05, 0.1) is 30.4 Å². The van der Waals surface area contributed by atoms with E-state index in [9.17, 15) is 18.0 Å². The van der Waals surface area contributed by atoms with Crippen molar-refractivity contribution >= 4 is 55.2 Å². The van der Waals surface area contributed by atoms with E-state index in [2.05, 4.69) is 31.4 Å². The number of fused-ring (bicyclic) bond motifs is 1. The number of morpholine rings is 1. The molecule has 11 nitrogen and oxygen atoms in total. The number of carbonyl (C=O) groups excluding carboxylic acids is 2. The fraction of sp³-hybridized carbons (Fsp3) is 0.267. The first-order chi connectivity index (χ1) is 21.3. The molecule has 1 N–H and O–H groups in total. The highest BCUT2D eigenvalue weighted by molar-refractivity contribution is 9.10. The van der Waals surface area contributed by atoms with Crippen LogP contribution in [0.3, 0.4) is 0 Å². The van der Waals surface area contributed by atoms with Crippen molar-refractivity contribution in [2.24, 2.45) is 0 Å². The largest absolute Gasteiger partial charge is 0.379 e. The maximum Gasteiger partial charge on any atom is 0.251 e. The van der Waals surface area contributed by atoms with Crippen molar-refractivity contribution in [3.8, 4) is 5.69 Å². The Labute approximate surface area is 267 Å². The number of hydrogen-bond acceptors (Lipinski definition) is 8. The molecular weight excluding hydrogens is 668 g/mol. The molecule has 6 rings (SSSR count). The summed E-state index contributed by atoms with van der Waals surface area (Å²) in [5, 5.41) is 12.1. The molecule has 0 saturated carbocycles. The summed E-state index contributed by atoms with van der Waals surface area (Å²) < 4.78 is 35.2. The quantitative estimate of drug-likeness (QED) is 0.263. The molecular formula is C30H29BrN6O5S2. The molecule has 0 spiro atoms. The van der Waals surface area contributed by atoms with Crippen LogP contribution in [0.1, 0.15) is 21.7 Å². The number of benzene rings is 3. The molecule has 2 aliphatic rings. The lowest BCUT2D eigenvalue weighted by Gasteiger charge is -2.26. The fourth-order valence-corrected chi connectivity index (χ4v) is 7.65. The highest BCUT2D eigenvalue weighted by Gasteiger charge is 2.27. The minimum absolute atomic E-state index is 0.0146. The van der Waals surface area contributed by atoms with Crippen molar-refractivity contribution in [3.63, 3.8) is 0 Å². The first kappa shape index (κ1) is 30.5. The number of carbonyl (C=O) groups is 2. The summed E-state index contributed by atoms with van der Waals surface area (Å²) in [6.07, 6.45) is 0.831. The Morgan fingerprint density at radius 2 is 1.66 bits per heavy atom. The molecule has 0 radical (unpaired) electrons. The van der Waals surface area contributed by atoms with Gasteiger partial charge < -0.3 is 15.0 Å². The van der Waals surface area contributed by atoms with Gasteiger partial charge in [-0.25, -0.2) is 8.42 Å². The highest BCUT2D eigenvalue weighted by Crippen LogP contribution is 2.30. The first-order valence-electron chi connectivity index (χ1n) is 14.0. The van der Waals surface area contributed by atoms with Gasteiger partial charge in [-0.15, -0.1) is 10.2 Å². The number of anilines is 1. The van der Waals surface area contributed by atoms with Gasteiger partial charge in [-0.1, -0.05) is 45.9 Å². The van der Waals surface area contributed by atoms with Gasteiger partial charge in [0, 0.05) is 41.0 Å². The zero-order chi connectivity index (χ0) is 30.7. The second kappa shape index (κ2) is 13.2. The van der Waals surface area contributed by atoms with E-state index in [0.29, 0.717) is 49.4 Å². The number of aromatic nitrogens is 3. The SMILES string of the molecule is O=C(NCc1nnc(SCC(=O)N2CCc3ccccc32)n1-c1ccc(Br)cc1)c1ccc(S(=O)(=O)N2CCOCC2)cc1. The van der Waals surface area contributed by atoms with Gasteiger partial charge in [-0.05, 0) is 66.6 Å². The number of rotatable bonds is 9. The number of ether oxygens (including phenoxy) is 1. The minimum Gasteiger partial charge on any atom is -0.379 e. The predicted molar refractivity (Wildman–Crippen MR) is 169 cm³/mol. The van der Waals surface area contributed by atoms with Crippen LogP contribution in [0, 0.1) is 0 Å². The normalized spacial score (nSPS) is 15.2. The second-order valence-corrected chi connectivity index (χ2v) is 13.9. The lowest BCUT2D eigenvalue weighted by atomic mass is 10.2. The topological polar surface area (TPSA) is 127 Å². The van der Waals surface area contributed by atoms with Gasteiger partial charge in [0.25, 0.3) is 5.91 Å². The van der Waals surface area contributed by atoms with Crippen molar-refractivity contribution in [3.05, 3.63) is 94.2 Å². The number of thioether (sulfide) groups is 1. The van der Waals surface area contributed by atoms with Gasteiger partial charge in [0.2, 0.25) is 15.9 Å². The number of halogens is 1. The van der Waals surface area contributed by atoms with E-state index >= 15 is 0 Å². The van der Waals surface area contributed by atoms with Crippen molar-refractivity contribution < 1.29 is 22.7 Å². The molecule has 3 aromatic carbocycles. The number of nitrogens with one attached hydrogen (secondary N) is 1.